The second kappa shape index (κ2) is 4.74. The fraction of sp³-hybridized carbons (Fsp3) is 0.182. The van der Waals surface area contributed by atoms with Crippen molar-refractivity contribution in [3.05, 3.63) is 40.7 Å². The quantitative estimate of drug-likeness (QED) is 0.609. The first kappa shape index (κ1) is 11.9. The van der Waals surface area contributed by atoms with Crippen molar-refractivity contribution in [2.24, 2.45) is 0 Å². The van der Waals surface area contributed by atoms with Gasteiger partial charge in [0.1, 0.15) is 12.4 Å². The predicted octanol–water partition coefficient (Wildman–Crippen LogP) is 1.80. The Balaban J connectivity index is 2.41. The number of benzene rings is 1. The van der Waals surface area contributed by atoms with Gasteiger partial charge in [-0.3, -0.25) is 10.1 Å². The minimum Gasteiger partial charge on any atom is -0.493 e. The van der Waals surface area contributed by atoms with Crippen LogP contribution in [-0.2, 0) is 0 Å². The molecule has 7 heteroatoms. The topological polar surface area (TPSA) is 79.4 Å². The van der Waals surface area contributed by atoms with Crippen molar-refractivity contribution in [1.29, 1.82) is 0 Å². The van der Waals surface area contributed by atoms with Crippen LogP contribution < -0.4 is 9.47 Å². The molecule has 0 unspecified atom stereocenters. The van der Waals surface area contributed by atoms with Gasteiger partial charge in [0, 0.05) is 6.07 Å². The minimum atomic E-state index is -0.496. The number of rotatable bonds is 4. The molecule has 94 valence electrons. The Bertz CT molecular complexity index is 579. The third kappa shape index (κ3) is 2.10. The number of methoxy groups -OCH3 is 2. The van der Waals surface area contributed by atoms with E-state index in [1.54, 1.807) is 18.2 Å². The van der Waals surface area contributed by atoms with Crippen LogP contribution in [0.25, 0.3) is 5.69 Å². The standard InChI is InChI=1S/C11H11N3O4/c1-17-10-4-3-8(5-11(10)18-2)13-7-9(6-12-13)14(15)16/h3-7H,1-2H3. The maximum absolute atomic E-state index is 10.6. The monoisotopic (exact) mass is 249 g/mol. The summed E-state index contributed by atoms with van der Waals surface area (Å²) in [4.78, 5) is 10.1. The van der Waals surface area contributed by atoms with Gasteiger partial charge in [-0.05, 0) is 12.1 Å². The van der Waals surface area contributed by atoms with Gasteiger partial charge in [-0.15, -0.1) is 0 Å². The number of hydrogen-bond acceptors (Lipinski definition) is 5. The zero-order valence-electron chi connectivity index (χ0n) is 9.86. The molecule has 0 saturated heterocycles. The summed E-state index contributed by atoms with van der Waals surface area (Å²) in [6.45, 7) is 0. The number of ether oxygens (including phenoxy) is 2. The van der Waals surface area contributed by atoms with Crippen LogP contribution in [0.2, 0.25) is 0 Å². The molecular formula is C11H11N3O4. The van der Waals surface area contributed by atoms with Crippen molar-refractivity contribution < 1.29 is 14.4 Å². The van der Waals surface area contributed by atoms with E-state index in [2.05, 4.69) is 5.10 Å². The summed E-state index contributed by atoms with van der Waals surface area (Å²) in [5.41, 5.74) is 0.588. The van der Waals surface area contributed by atoms with Crippen molar-refractivity contribution in [2.75, 3.05) is 14.2 Å². The van der Waals surface area contributed by atoms with Crippen LogP contribution in [0.3, 0.4) is 0 Å². The zero-order chi connectivity index (χ0) is 13.1. The van der Waals surface area contributed by atoms with Gasteiger partial charge in [0.2, 0.25) is 0 Å². The normalized spacial score (nSPS) is 10.1. The highest BCUT2D eigenvalue weighted by Gasteiger charge is 2.11. The lowest BCUT2D eigenvalue weighted by Gasteiger charge is -2.09. The van der Waals surface area contributed by atoms with E-state index < -0.39 is 4.92 Å². The van der Waals surface area contributed by atoms with E-state index in [1.165, 1.54) is 31.3 Å². The molecule has 7 nitrogen and oxygen atoms in total. The molecule has 0 N–H and O–H groups in total. The number of aromatic nitrogens is 2. The smallest absolute Gasteiger partial charge is 0.307 e. The van der Waals surface area contributed by atoms with E-state index in [-0.39, 0.29) is 5.69 Å². The molecular weight excluding hydrogens is 238 g/mol. The average molecular weight is 249 g/mol. The van der Waals surface area contributed by atoms with E-state index in [0.717, 1.165) is 0 Å². The van der Waals surface area contributed by atoms with E-state index in [4.69, 9.17) is 9.47 Å². The fourth-order valence-electron chi connectivity index (χ4n) is 1.52. The molecule has 0 atom stereocenters. The van der Waals surface area contributed by atoms with Crippen molar-refractivity contribution >= 4 is 5.69 Å². The molecule has 0 spiro atoms. The van der Waals surface area contributed by atoms with Crippen LogP contribution in [0.4, 0.5) is 5.69 Å². The molecule has 0 fully saturated rings. The number of nitrogens with zero attached hydrogens (tertiary/aromatic N) is 3. The van der Waals surface area contributed by atoms with Crippen molar-refractivity contribution in [1.82, 2.24) is 9.78 Å². The van der Waals surface area contributed by atoms with Crippen LogP contribution in [0.15, 0.2) is 30.6 Å². The molecule has 0 saturated carbocycles. The highest BCUT2D eigenvalue weighted by Crippen LogP contribution is 2.29. The molecule has 2 aromatic rings. The summed E-state index contributed by atoms with van der Waals surface area (Å²) in [6.07, 6.45) is 2.53. The van der Waals surface area contributed by atoms with E-state index in [0.29, 0.717) is 17.2 Å². The summed E-state index contributed by atoms with van der Waals surface area (Å²) in [5.74, 6) is 1.12. The maximum atomic E-state index is 10.6. The Morgan fingerprint density at radius 1 is 1.28 bits per heavy atom. The molecule has 1 heterocycles. The Morgan fingerprint density at radius 3 is 2.56 bits per heavy atom. The van der Waals surface area contributed by atoms with E-state index in [9.17, 15) is 10.1 Å². The third-order valence-electron chi connectivity index (χ3n) is 2.41. The van der Waals surface area contributed by atoms with Crippen LogP contribution in [0.5, 0.6) is 11.5 Å². The van der Waals surface area contributed by atoms with Crippen LogP contribution >= 0.6 is 0 Å². The SMILES string of the molecule is COc1ccc(-n2cc([N+](=O)[O-])cn2)cc1OC. The van der Waals surface area contributed by atoms with E-state index in [1.807, 2.05) is 0 Å². The Kier molecular flexibility index (Phi) is 3.13. The second-order valence-corrected chi connectivity index (χ2v) is 3.44. The third-order valence-corrected chi connectivity index (χ3v) is 2.41. The Labute approximate surface area is 103 Å². The summed E-state index contributed by atoms with van der Waals surface area (Å²) in [6, 6.07) is 5.13. The first-order chi connectivity index (χ1) is 8.65. The maximum Gasteiger partial charge on any atom is 0.307 e. The van der Waals surface area contributed by atoms with Crippen molar-refractivity contribution in [3.63, 3.8) is 0 Å². The fourth-order valence-corrected chi connectivity index (χ4v) is 1.52. The second-order valence-electron chi connectivity index (χ2n) is 3.44. The number of hydrogen-bond donors (Lipinski definition) is 0. The van der Waals surface area contributed by atoms with Gasteiger partial charge in [0.15, 0.2) is 11.5 Å². The summed E-state index contributed by atoms with van der Waals surface area (Å²) >= 11 is 0. The van der Waals surface area contributed by atoms with Gasteiger partial charge >= 0.3 is 5.69 Å². The highest BCUT2D eigenvalue weighted by atomic mass is 16.6. The van der Waals surface area contributed by atoms with Gasteiger partial charge in [0.05, 0.1) is 24.8 Å². The molecule has 0 aliphatic rings. The van der Waals surface area contributed by atoms with Crippen molar-refractivity contribution in [2.45, 2.75) is 0 Å². The summed E-state index contributed by atoms with van der Waals surface area (Å²) in [7, 11) is 3.06. The molecule has 2 rings (SSSR count). The van der Waals surface area contributed by atoms with E-state index >= 15 is 0 Å². The predicted molar refractivity (Wildman–Crippen MR) is 63.3 cm³/mol. The summed E-state index contributed by atoms with van der Waals surface area (Å²) < 4.78 is 11.7. The minimum absolute atomic E-state index is 0.0650. The summed E-state index contributed by atoms with van der Waals surface area (Å²) in [5, 5.41) is 14.5. The van der Waals surface area contributed by atoms with Crippen LogP contribution in [0, 0.1) is 10.1 Å². The molecule has 0 aliphatic heterocycles. The molecule has 0 radical (unpaired) electrons. The average Bonchev–Trinajstić information content (AvgIpc) is 2.87. The van der Waals surface area contributed by atoms with Gasteiger partial charge in [-0.2, -0.15) is 5.10 Å². The van der Waals surface area contributed by atoms with Gasteiger partial charge in [-0.25, -0.2) is 4.68 Å². The van der Waals surface area contributed by atoms with Gasteiger partial charge in [0.25, 0.3) is 0 Å². The molecule has 1 aromatic heterocycles. The molecule has 0 aliphatic carbocycles. The molecule has 18 heavy (non-hydrogen) atoms. The highest BCUT2D eigenvalue weighted by molar-refractivity contribution is 5.49. The largest absolute Gasteiger partial charge is 0.493 e. The molecule has 1 aromatic carbocycles. The molecule has 0 bridgehead atoms. The Morgan fingerprint density at radius 2 is 2.00 bits per heavy atom. The van der Waals surface area contributed by atoms with Crippen LogP contribution in [0.1, 0.15) is 0 Å². The lowest BCUT2D eigenvalue weighted by molar-refractivity contribution is -0.384. The molecule has 0 amide bonds. The first-order valence-corrected chi connectivity index (χ1v) is 5.07. The lowest BCUT2D eigenvalue weighted by atomic mass is 10.3. The first-order valence-electron chi connectivity index (χ1n) is 5.07. The van der Waals surface area contributed by atoms with Crippen LogP contribution in [-0.4, -0.2) is 28.9 Å². The number of nitro groups is 1. The Hall–Kier alpha value is -2.57. The van der Waals surface area contributed by atoms with Gasteiger partial charge < -0.3 is 9.47 Å². The zero-order valence-corrected chi connectivity index (χ0v) is 9.86. The van der Waals surface area contributed by atoms with Crippen molar-refractivity contribution in [3.8, 4) is 17.2 Å². The lowest BCUT2D eigenvalue weighted by Crippen LogP contribution is -1.97. The van der Waals surface area contributed by atoms with Gasteiger partial charge in [-0.1, -0.05) is 0 Å².